The van der Waals surface area contributed by atoms with Crippen LogP contribution in [0.2, 0.25) is 0 Å². The summed E-state index contributed by atoms with van der Waals surface area (Å²) in [6.07, 6.45) is 23.4. The minimum Gasteiger partial charge on any atom is -0.378 e. The van der Waals surface area contributed by atoms with E-state index in [-0.39, 0.29) is 0 Å². The van der Waals surface area contributed by atoms with Gasteiger partial charge in [0.2, 0.25) is 0 Å². The number of ether oxygens (including phenoxy) is 1. The first-order valence-corrected chi connectivity index (χ1v) is 11.4. The Balaban J connectivity index is 1.52. The second-order valence-corrected chi connectivity index (χ2v) is 8.74. The predicted octanol–water partition coefficient (Wildman–Crippen LogP) is 7.53. The van der Waals surface area contributed by atoms with Crippen LogP contribution in [0.1, 0.15) is 117 Å². The summed E-state index contributed by atoms with van der Waals surface area (Å²) >= 11 is 0. The van der Waals surface area contributed by atoms with Gasteiger partial charge >= 0.3 is 0 Å². The quantitative estimate of drug-likeness (QED) is 0.354. The fourth-order valence-corrected chi connectivity index (χ4v) is 5.12. The van der Waals surface area contributed by atoms with Crippen LogP contribution in [0.3, 0.4) is 0 Å². The molecule has 0 aromatic heterocycles. The van der Waals surface area contributed by atoms with E-state index in [1.807, 2.05) is 0 Å². The molecule has 0 aromatic rings. The topological polar surface area (TPSA) is 9.23 Å². The number of hydrogen-bond donors (Lipinski definition) is 0. The molecule has 0 spiro atoms. The maximum atomic E-state index is 6.16. The minimum atomic E-state index is 0.591. The summed E-state index contributed by atoms with van der Waals surface area (Å²) in [5.74, 6) is 3.15. The maximum absolute atomic E-state index is 6.16. The van der Waals surface area contributed by atoms with Crippen molar-refractivity contribution in [1.82, 2.24) is 0 Å². The van der Waals surface area contributed by atoms with Gasteiger partial charge in [-0.1, -0.05) is 71.6 Å². The first-order valence-electron chi connectivity index (χ1n) is 11.4. The van der Waals surface area contributed by atoms with Gasteiger partial charge in [-0.25, -0.2) is 0 Å². The zero-order chi connectivity index (χ0) is 17.0. The Morgan fingerprint density at radius 3 is 1.83 bits per heavy atom. The van der Waals surface area contributed by atoms with Gasteiger partial charge in [0.25, 0.3) is 0 Å². The Labute approximate surface area is 152 Å². The zero-order valence-electron chi connectivity index (χ0n) is 16.7. The summed E-state index contributed by atoms with van der Waals surface area (Å²) in [6.45, 7) is 5.63. The molecule has 0 N–H and O–H groups in total. The molecule has 1 nitrogen and oxygen atoms in total. The van der Waals surface area contributed by atoms with Gasteiger partial charge in [-0.3, -0.25) is 0 Å². The molecule has 2 rings (SSSR count). The van der Waals surface area contributed by atoms with E-state index in [1.165, 1.54) is 103 Å². The van der Waals surface area contributed by atoms with E-state index in [9.17, 15) is 0 Å². The summed E-state index contributed by atoms with van der Waals surface area (Å²) in [5.41, 5.74) is 0. The third-order valence-electron chi connectivity index (χ3n) is 6.84. The molecule has 2 saturated carbocycles. The molecule has 2 aliphatic rings. The van der Waals surface area contributed by atoms with E-state index in [4.69, 9.17) is 4.74 Å². The Morgan fingerprint density at radius 2 is 1.21 bits per heavy atom. The second kappa shape index (κ2) is 12.3. The zero-order valence-corrected chi connectivity index (χ0v) is 16.7. The molecule has 24 heavy (non-hydrogen) atoms. The van der Waals surface area contributed by atoms with Crippen molar-refractivity contribution in [3.63, 3.8) is 0 Å². The molecule has 1 heteroatoms. The van der Waals surface area contributed by atoms with Gasteiger partial charge in [0.15, 0.2) is 0 Å². The summed E-state index contributed by atoms with van der Waals surface area (Å²) in [5, 5.41) is 0. The van der Waals surface area contributed by atoms with Crippen molar-refractivity contribution in [1.29, 1.82) is 0 Å². The lowest BCUT2D eigenvalue weighted by molar-refractivity contribution is 0.00528. The van der Waals surface area contributed by atoms with Gasteiger partial charge in [0, 0.05) is 6.61 Å². The van der Waals surface area contributed by atoms with E-state index in [2.05, 4.69) is 13.8 Å². The molecule has 0 aromatic carbocycles. The fraction of sp³-hybridized carbons (Fsp3) is 1.00. The highest BCUT2D eigenvalue weighted by Gasteiger charge is 2.30. The monoisotopic (exact) mass is 336 g/mol. The van der Waals surface area contributed by atoms with Crippen molar-refractivity contribution in [3.05, 3.63) is 0 Å². The number of hydrogen-bond acceptors (Lipinski definition) is 1. The van der Waals surface area contributed by atoms with Crippen molar-refractivity contribution < 1.29 is 4.74 Å². The molecule has 2 fully saturated rings. The lowest BCUT2D eigenvalue weighted by atomic mass is 9.70. The smallest absolute Gasteiger partial charge is 0.0575 e. The SMILES string of the molecule is CCCCCCCOC1CCC(C2CCC(CCCC)CC2)CC1. The molecule has 0 radical (unpaired) electrons. The predicted molar refractivity (Wildman–Crippen MR) is 105 cm³/mol. The molecule has 0 unspecified atom stereocenters. The highest BCUT2D eigenvalue weighted by molar-refractivity contribution is 4.82. The molecule has 0 amide bonds. The molecule has 0 aliphatic heterocycles. The second-order valence-electron chi connectivity index (χ2n) is 8.74. The molecule has 0 heterocycles. The lowest BCUT2D eigenvalue weighted by Gasteiger charge is -2.37. The van der Waals surface area contributed by atoms with E-state index >= 15 is 0 Å². The van der Waals surface area contributed by atoms with E-state index in [0.29, 0.717) is 6.10 Å². The van der Waals surface area contributed by atoms with Crippen LogP contribution in [0.25, 0.3) is 0 Å². The van der Waals surface area contributed by atoms with E-state index in [1.54, 1.807) is 0 Å². The van der Waals surface area contributed by atoms with Crippen LogP contribution >= 0.6 is 0 Å². The van der Waals surface area contributed by atoms with Crippen LogP contribution in [-0.4, -0.2) is 12.7 Å². The van der Waals surface area contributed by atoms with Crippen molar-refractivity contribution in [2.75, 3.05) is 6.61 Å². The van der Waals surface area contributed by atoms with Crippen molar-refractivity contribution >= 4 is 0 Å². The van der Waals surface area contributed by atoms with Crippen LogP contribution in [-0.2, 0) is 4.74 Å². The Morgan fingerprint density at radius 1 is 0.625 bits per heavy atom. The van der Waals surface area contributed by atoms with E-state index in [0.717, 1.165) is 24.4 Å². The molecule has 0 saturated heterocycles. The fourth-order valence-electron chi connectivity index (χ4n) is 5.12. The molecule has 0 atom stereocenters. The van der Waals surface area contributed by atoms with E-state index < -0.39 is 0 Å². The summed E-state index contributed by atoms with van der Waals surface area (Å²) in [4.78, 5) is 0. The minimum absolute atomic E-state index is 0.591. The van der Waals surface area contributed by atoms with Crippen LogP contribution in [0.5, 0.6) is 0 Å². The lowest BCUT2D eigenvalue weighted by Crippen LogP contribution is -2.28. The third kappa shape index (κ3) is 7.46. The summed E-state index contributed by atoms with van der Waals surface area (Å²) < 4.78 is 6.16. The molecular formula is C23H44O. The molecule has 142 valence electrons. The summed E-state index contributed by atoms with van der Waals surface area (Å²) in [7, 11) is 0. The number of rotatable bonds is 11. The Hall–Kier alpha value is -0.0400. The number of unbranched alkanes of at least 4 members (excludes halogenated alkanes) is 5. The highest BCUT2D eigenvalue weighted by atomic mass is 16.5. The van der Waals surface area contributed by atoms with Gasteiger partial charge in [-0.05, 0) is 62.7 Å². The molecule has 2 aliphatic carbocycles. The van der Waals surface area contributed by atoms with Crippen molar-refractivity contribution in [2.45, 2.75) is 123 Å². The first-order chi connectivity index (χ1) is 11.8. The molecule has 0 bridgehead atoms. The van der Waals surface area contributed by atoms with Crippen LogP contribution < -0.4 is 0 Å². The van der Waals surface area contributed by atoms with Crippen LogP contribution in [0, 0.1) is 17.8 Å². The van der Waals surface area contributed by atoms with Gasteiger partial charge in [-0.15, -0.1) is 0 Å². The maximum Gasteiger partial charge on any atom is 0.0575 e. The molecular weight excluding hydrogens is 292 g/mol. The third-order valence-corrected chi connectivity index (χ3v) is 6.84. The van der Waals surface area contributed by atoms with Gasteiger partial charge in [0.05, 0.1) is 6.10 Å². The van der Waals surface area contributed by atoms with Gasteiger partial charge in [0.1, 0.15) is 0 Å². The van der Waals surface area contributed by atoms with Gasteiger partial charge < -0.3 is 4.74 Å². The van der Waals surface area contributed by atoms with Gasteiger partial charge in [-0.2, -0.15) is 0 Å². The normalized spacial score (nSPS) is 31.2. The average Bonchev–Trinajstić information content (AvgIpc) is 2.64. The standard InChI is InChI=1S/C23H44O/c1-3-5-7-8-9-19-24-23-17-15-22(16-18-23)21-13-11-20(12-14-21)10-6-4-2/h20-23H,3-19H2,1-2H3. The van der Waals surface area contributed by atoms with Crippen LogP contribution in [0.4, 0.5) is 0 Å². The van der Waals surface area contributed by atoms with Crippen molar-refractivity contribution in [2.24, 2.45) is 17.8 Å². The Kier molecular flexibility index (Phi) is 10.4. The largest absolute Gasteiger partial charge is 0.378 e. The summed E-state index contributed by atoms with van der Waals surface area (Å²) in [6, 6.07) is 0. The van der Waals surface area contributed by atoms with Crippen LogP contribution in [0.15, 0.2) is 0 Å². The highest BCUT2D eigenvalue weighted by Crippen LogP contribution is 2.41. The first kappa shape index (κ1) is 20.3. The average molecular weight is 337 g/mol. The van der Waals surface area contributed by atoms with Crippen molar-refractivity contribution in [3.8, 4) is 0 Å². The Bertz CT molecular complexity index is 284.